The van der Waals surface area contributed by atoms with Gasteiger partial charge in [0.2, 0.25) is 0 Å². The highest BCUT2D eigenvalue weighted by molar-refractivity contribution is 7.68. The molecule has 0 aliphatic carbocycles. The summed E-state index contributed by atoms with van der Waals surface area (Å²) in [5, 5.41) is 3.02. The van der Waals surface area contributed by atoms with Gasteiger partial charge in [0.15, 0.2) is 8.15 Å². The van der Waals surface area contributed by atoms with Crippen LogP contribution >= 0.6 is 19.7 Å². The summed E-state index contributed by atoms with van der Waals surface area (Å²) in [7, 11) is -0.959. The summed E-state index contributed by atoms with van der Waals surface area (Å²) in [6, 6.07) is 36.2. The second-order valence-electron chi connectivity index (χ2n) is 6.37. The number of nitrogens with zero attached hydrogens (tertiary/aromatic N) is 1. The van der Waals surface area contributed by atoms with Crippen LogP contribution in [-0.4, -0.2) is 6.21 Å². The van der Waals surface area contributed by atoms with Crippen LogP contribution in [-0.2, 0) is 0 Å². The van der Waals surface area contributed by atoms with Crippen LogP contribution in [0.5, 0.6) is 5.75 Å². The Kier molecular flexibility index (Phi) is 6.36. The van der Waals surface area contributed by atoms with Gasteiger partial charge in [-0.3, -0.25) is 4.99 Å². The number of benzene rings is 4. The summed E-state index contributed by atoms with van der Waals surface area (Å²) < 4.78 is 6.48. The summed E-state index contributed by atoms with van der Waals surface area (Å²) in [5.41, 5.74) is 1.79. The molecule has 0 spiro atoms. The molecule has 29 heavy (non-hydrogen) atoms. The van der Waals surface area contributed by atoms with E-state index in [0.717, 1.165) is 17.0 Å². The van der Waals surface area contributed by atoms with Crippen LogP contribution < -0.4 is 15.1 Å². The number of aliphatic imine (C=N–C) groups is 1. The summed E-state index contributed by atoms with van der Waals surface area (Å²) in [6.45, 7) is 0. The van der Waals surface area contributed by atoms with Crippen molar-refractivity contribution in [2.75, 3.05) is 0 Å². The second kappa shape index (κ2) is 9.52. The highest BCUT2D eigenvalue weighted by Gasteiger charge is 2.16. The van der Waals surface area contributed by atoms with Crippen molar-refractivity contribution in [1.82, 2.24) is 0 Å². The lowest BCUT2D eigenvalue weighted by atomic mass is 10.2. The van der Waals surface area contributed by atoms with Crippen LogP contribution in [0.3, 0.4) is 0 Å². The Hall–Kier alpha value is -2.93. The van der Waals surface area contributed by atoms with Gasteiger partial charge in [0.05, 0.1) is 5.69 Å². The molecule has 0 saturated carbocycles. The first-order valence-corrected chi connectivity index (χ1v) is 10.9. The molecule has 0 aliphatic rings. The molecule has 0 fully saturated rings. The van der Waals surface area contributed by atoms with Crippen molar-refractivity contribution < 1.29 is 4.52 Å². The Morgan fingerprint density at radius 1 is 0.690 bits per heavy atom. The van der Waals surface area contributed by atoms with Crippen LogP contribution in [0, 0.1) is 0 Å². The Labute approximate surface area is 177 Å². The summed E-state index contributed by atoms with van der Waals surface area (Å²) >= 11 is 6.03. The SMILES string of the molecule is Clc1cccc(N=Cc2cccc(OP(c3ccccc3)c3ccccc3)c2)c1. The van der Waals surface area contributed by atoms with E-state index in [1.54, 1.807) is 0 Å². The molecular weight excluding hydrogens is 397 g/mol. The van der Waals surface area contributed by atoms with Gasteiger partial charge in [-0.2, -0.15) is 0 Å². The highest BCUT2D eigenvalue weighted by atomic mass is 35.5. The molecule has 142 valence electrons. The van der Waals surface area contributed by atoms with Gasteiger partial charge in [-0.15, -0.1) is 0 Å². The van der Waals surface area contributed by atoms with Crippen molar-refractivity contribution in [1.29, 1.82) is 0 Å². The summed E-state index contributed by atoms with van der Waals surface area (Å²) in [6.07, 6.45) is 1.83. The first kappa shape index (κ1) is 19.4. The van der Waals surface area contributed by atoms with E-state index in [0.29, 0.717) is 5.02 Å². The molecule has 0 aliphatic heterocycles. The van der Waals surface area contributed by atoms with E-state index in [-0.39, 0.29) is 0 Å². The van der Waals surface area contributed by atoms with Crippen molar-refractivity contribution in [3.8, 4) is 5.75 Å². The van der Waals surface area contributed by atoms with Crippen molar-refractivity contribution >= 4 is 42.3 Å². The van der Waals surface area contributed by atoms with Crippen LogP contribution in [0.2, 0.25) is 5.02 Å². The lowest BCUT2D eigenvalue weighted by Gasteiger charge is -2.19. The van der Waals surface area contributed by atoms with Crippen molar-refractivity contribution in [3.63, 3.8) is 0 Å². The molecule has 0 saturated heterocycles. The molecule has 0 bridgehead atoms. The van der Waals surface area contributed by atoms with Crippen LogP contribution in [0.15, 0.2) is 114 Å². The molecule has 0 atom stereocenters. The van der Waals surface area contributed by atoms with Crippen molar-refractivity contribution in [2.24, 2.45) is 4.99 Å². The first-order chi connectivity index (χ1) is 14.3. The monoisotopic (exact) mass is 415 g/mol. The third-order valence-corrected chi connectivity index (χ3v) is 6.37. The zero-order chi connectivity index (χ0) is 19.9. The molecule has 0 unspecified atom stereocenters. The molecular formula is C25H19ClNOP. The maximum Gasteiger partial charge on any atom is 0.150 e. The predicted octanol–water partition coefficient (Wildman–Crippen LogP) is 6.52. The first-order valence-electron chi connectivity index (χ1n) is 9.26. The lowest BCUT2D eigenvalue weighted by molar-refractivity contribution is 0.629. The maximum atomic E-state index is 6.48. The Morgan fingerprint density at radius 2 is 1.34 bits per heavy atom. The zero-order valence-electron chi connectivity index (χ0n) is 15.7. The molecule has 4 rings (SSSR count). The minimum atomic E-state index is -0.959. The summed E-state index contributed by atoms with van der Waals surface area (Å²) in [4.78, 5) is 4.51. The normalized spacial score (nSPS) is 11.1. The quantitative estimate of drug-likeness (QED) is 0.259. The number of hydrogen-bond donors (Lipinski definition) is 0. The molecule has 0 heterocycles. The smallest absolute Gasteiger partial charge is 0.150 e. The summed E-state index contributed by atoms with van der Waals surface area (Å²) in [5.74, 6) is 0.818. The van der Waals surface area contributed by atoms with Gasteiger partial charge in [-0.1, -0.05) is 90.5 Å². The third kappa shape index (κ3) is 5.32. The van der Waals surface area contributed by atoms with Crippen molar-refractivity contribution in [3.05, 3.63) is 120 Å². The fourth-order valence-corrected chi connectivity index (χ4v) is 4.75. The van der Waals surface area contributed by atoms with Gasteiger partial charge in [-0.05, 0) is 35.9 Å². The van der Waals surface area contributed by atoms with Gasteiger partial charge in [0, 0.05) is 21.8 Å². The Bertz CT molecular complexity index is 1060. The van der Waals surface area contributed by atoms with Crippen LogP contribution in [0.4, 0.5) is 5.69 Å². The minimum absolute atomic E-state index is 0.674. The van der Waals surface area contributed by atoms with E-state index >= 15 is 0 Å². The van der Waals surface area contributed by atoms with Crippen LogP contribution in [0.1, 0.15) is 5.56 Å². The Morgan fingerprint density at radius 3 is 2.00 bits per heavy atom. The van der Waals surface area contributed by atoms with Gasteiger partial charge >= 0.3 is 0 Å². The fraction of sp³-hybridized carbons (Fsp3) is 0. The average molecular weight is 416 g/mol. The number of rotatable bonds is 6. The third-order valence-electron chi connectivity index (χ3n) is 4.21. The van der Waals surface area contributed by atoms with Gasteiger partial charge in [-0.25, -0.2) is 0 Å². The minimum Gasteiger partial charge on any atom is -0.464 e. The average Bonchev–Trinajstić information content (AvgIpc) is 2.78. The van der Waals surface area contributed by atoms with E-state index in [9.17, 15) is 0 Å². The van der Waals surface area contributed by atoms with E-state index < -0.39 is 8.15 Å². The van der Waals surface area contributed by atoms with Crippen molar-refractivity contribution in [2.45, 2.75) is 0 Å². The molecule has 0 amide bonds. The molecule has 2 nitrogen and oxygen atoms in total. The predicted molar refractivity (Wildman–Crippen MR) is 125 cm³/mol. The van der Waals surface area contributed by atoms with E-state index in [2.05, 4.69) is 29.3 Å². The lowest BCUT2D eigenvalue weighted by Crippen LogP contribution is -2.15. The maximum absolute atomic E-state index is 6.48. The molecule has 4 heteroatoms. The molecule has 4 aromatic carbocycles. The molecule has 0 N–H and O–H groups in total. The molecule has 0 aromatic heterocycles. The van der Waals surface area contributed by atoms with Crippen LogP contribution in [0.25, 0.3) is 0 Å². The largest absolute Gasteiger partial charge is 0.464 e. The van der Waals surface area contributed by atoms with Gasteiger partial charge in [0.1, 0.15) is 5.75 Å². The van der Waals surface area contributed by atoms with E-state index in [1.807, 2.05) is 91.1 Å². The number of halogens is 1. The topological polar surface area (TPSA) is 21.6 Å². The molecule has 4 aromatic rings. The standard InChI is InChI=1S/C25H19ClNOP/c26-21-10-8-11-22(18-21)27-19-20-9-7-12-23(17-20)28-29(24-13-3-1-4-14-24)25-15-5-2-6-16-25/h1-19H. The number of hydrogen-bond acceptors (Lipinski definition) is 2. The van der Waals surface area contributed by atoms with E-state index in [1.165, 1.54) is 10.6 Å². The highest BCUT2D eigenvalue weighted by Crippen LogP contribution is 2.36. The Balaban J connectivity index is 1.59. The molecule has 0 radical (unpaired) electrons. The van der Waals surface area contributed by atoms with Gasteiger partial charge in [0.25, 0.3) is 0 Å². The fourth-order valence-electron chi connectivity index (χ4n) is 2.84. The van der Waals surface area contributed by atoms with E-state index in [4.69, 9.17) is 16.1 Å². The second-order valence-corrected chi connectivity index (χ2v) is 8.61. The van der Waals surface area contributed by atoms with Gasteiger partial charge < -0.3 is 4.52 Å². The zero-order valence-corrected chi connectivity index (χ0v) is 17.3.